The minimum Gasteiger partial charge on any atom is -0.493 e. The van der Waals surface area contributed by atoms with Crippen LogP contribution >= 0.6 is 24.0 Å². The molecule has 1 aromatic carbocycles. The molecule has 0 aromatic heterocycles. The lowest BCUT2D eigenvalue weighted by molar-refractivity contribution is 0.117. The van der Waals surface area contributed by atoms with E-state index in [9.17, 15) is 0 Å². The van der Waals surface area contributed by atoms with Gasteiger partial charge in [0.15, 0.2) is 17.5 Å². The van der Waals surface area contributed by atoms with Gasteiger partial charge >= 0.3 is 0 Å². The summed E-state index contributed by atoms with van der Waals surface area (Å²) >= 11 is 0. The number of halogens is 1. The normalized spacial score (nSPS) is 19.7. The first kappa shape index (κ1) is 25.8. The molecule has 8 nitrogen and oxygen atoms in total. The number of hydrogen-bond acceptors (Lipinski definition) is 6. The van der Waals surface area contributed by atoms with Gasteiger partial charge in [-0.25, -0.2) is 0 Å². The molecule has 0 amide bonds. The zero-order valence-electron chi connectivity index (χ0n) is 19.2. The van der Waals surface area contributed by atoms with Crippen molar-refractivity contribution in [1.82, 2.24) is 15.1 Å². The number of guanidine groups is 1. The lowest BCUT2D eigenvalue weighted by atomic mass is 10.1. The van der Waals surface area contributed by atoms with E-state index in [0.717, 1.165) is 76.8 Å². The van der Waals surface area contributed by atoms with Crippen molar-refractivity contribution in [3.63, 3.8) is 0 Å². The summed E-state index contributed by atoms with van der Waals surface area (Å²) in [6.45, 7) is 9.28. The van der Waals surface area contributed by atoms with Crippen LogP contribution in [0.25, 0.3) is 0 Å². The molecular formula is C22H37IN4O4. The van der Waals surface area contributed by atoms with E-state index < -0.39 is 0 Å². The molecule has 0 bridgehead atoms. The fraction of sp³-hybridized carbons (Fsp3) is 0.682. The molecule has 0 saturated carbocycles. The Balaban J connectivity index is 0.00000341. The number of methoxy groups -OCH3 is 3. The molecule has 1 unspecified atom stereocenters. The van der Waals surface area contributed by atoms with E-state index in [-0.39, 0.29) is 30.1 Å². The van der Waals surface area contributed by atoms with Gasteiger partial charge in [-0.15, -0.1) is 24.0 Å². The highest BCUT2D eigenvalue weighted by molar-refractivity contribution is 14.0. The van der Waals surface area contributed by atoms with Crippen LogP contribution in [0.2, 0.25) is 0 Å². The molecule has 2 heterocycles. The van der Waals surface area contributed by atoms with Crippen LogP contribution in [-0.2, 0) is 11.3 Å². The Hall–Kier alpha value is -1.46. The molecule has 31 heavy (non-hydrogen) atoms. The summed E-state index contributed by atoms with van der Waals surface area (Å²) in [7, 11) is 4.93. The molecule has 0 spiro atoms. The summed E-state index contributed by atoms with van der Waals surface area (Å²) < 4.78 is 22.1. The Morgan fingerprint density at radius 1 is 1.10 bits per heavy atom. The number of piperazine rings is 1. The molecule has 2 saturated heterocycles. The number of hydrogen-bond donors (Lipinski definition) is 1. The summed E-state index contributed by atoms with van der Waals surface area (Å²) in [5.41, 5.74) is 1.15. The average molecular weight is 548 g/mol. The highest BCUT2D eigenvalue weighted by Crippen LogP contribution is 2.38. The largest absolute Gasteiger partial charge is 0.493 e. The predicted octanol–water partition coefficient (Wildman–Crippen LogP) is 2.59. The predicted molar refractivity (Wildman–Crippen MR) is 133 cm³/mol. The molecule has 2 aliphatic heterocycles. The lowest BCUT2D eigenvalue weighted by Gasteiger charge is -2.36. The van der Waals surface area contributed by atoms with Gasteiger partial charge in [0.1, 0.15) is 0 Å². The van der Waals surface area contributed by atoms with Crippen LogP contribution in [0.5, 0.6) is 17.2 Å². The minimum atomic E-state index is 0. The SMILES string of the molecule is CCNC(=NCC1CCCO1)N1CCN(Cc2cc(OC)c(OC)c(OC)c2)CC1.I. The van der Waals surface area contributed by atoms with Gasteiger partial charge in [-0.2, -0.15) is 0 Å². The summed E-state index contributed by atoms with van der Waals surface area (Å²) in [4.78, 5) is 9.63. The standard InChI is InChI=1S/C22H36N4O4.HI/c1-5-23-22(24-15-18-7-6-12-30-18)26-10-8-25(9-11-26)16-17-13-19(27-2)21(29-4)20(14-17)28-3;/h13-14,18H,5-12,15-16H2,1-4H3,(H,23,24);1H. The second-order valence-corrected chi connectivity index (χ2v) is 7.63. The Bertz CT molecular complexity index is 680. The summed E-state index contributed by atoms with van der Waals surface area (Å²) in [6.07, 6.45) is 2.54. The molecule has 1 atom stereocenters. The van der Waals surface area contributed by atoms with Gasteiger partial charge in [-0.05, 0) is 37.5 Å². The Morgan fingerprint density at radius 2 is 1.77 bits per heavy atom. The lowest BCUT2D eigenvalue weighted by Crippen LogP contribution is -2.52. The fourth-order valence-electron chi connectivity index (χ4n) is 4.01. The topological polar surface area (TPSA) is 67.8 Å². The quantitative estimate of drug-likeness (QED) is 0.305. The third kappa shape index (κ3) is 7.01. The van der Waals surface area contributed by atoms with Crippen LogP contribution < -0.4 is 19.5 Å². The highest BCUT2D eigenvalue weighted by Gasteiger charge is 2.22. The van der Waals surface area contributed by atoms with Crippen LogP contribution in [0, 0.1) is 0 Å². The molecule has 0 radical (unpaired) electrons. The molecular weight excluding hydrogens is 511 g/mol. The first-order valence-corrected chi connectivity index (χ1v) is 10.8. The molecule has 3 rings (SSSR count). The van der Waals surface area contributed by atoms with E-state index in [0.29, 0.717) is 17.2 Å². The van der Waals surface area contributed by atoms with Crippen molar-refractivity contribution in [3.05, 3.63) is 17.7 Å². The number of nitrogens with one attached hydrogen (secondary N) is 1. The van der Waals surface area contributed by atoms with Crippen molar-refractivity contribution in [2.45, 2.75) is 32.4 Å². The second kappa shape index (κ2) is 13.2. The fourth-order valence-corrected chi connectivity index (χ4v) is 4.01. The Kier molecular flexibility index (Phi) is 11.0. The van der Waals surface area contributed by atoms with Crippen molar-refractivity contribution >= 4 is 29.9 Å². The maximum atomic E-state index is 5.72. The van der Waals surface area contributed by atoms with Crippen molar-refractivity contribution in [2.75, 3.05) is 67.2 Å². The zero-order chi connectivity index (χ0) is 21.3. The van der Waals surface area contributed by atoms with Crippen LogP contribution in [0.4, 0.5) is 0 Å². The molecule has 2 fully saturated rings. The van der Waals surface area contributed by atoms with Gasteiger partial charge < -0.3 is 29.2 Å². The van der Waals surface area contributed by atoms with Crippen LogP contribution in [0.15, 0.2) is 17.1 Å². The van der Waals surface area contributed by atoms with Crippen molar-refractivity contribution in [3.8, 4) is 17.2 Å². The molecule has 9 heteroatoms. The van der Waals surface area contributed by atoms with Gasteiger partial charge in [-0.3, -0.25) is 9.89 Å². The Morgan fingerprint density at radius 3 is 2.29 bits per heavy atom. The van der Waals surface area contributed by atoms with Gasteiger partial charge in [0.25, 0.3) is 0 Å². The zero-order valence-corrected chi connectivity index (χ0v) is 21.5. The number of aliphatic imine (C=N–C) groups is 1. The van der Waals surface area contributed by atoms with Crippen LogP contribution in [-0.4, -0.2) is 89.1 Å². The molecule has 1 aromatic rings. The first-order valence-electron chi connectivity index (χ1n) is 10.8. The van der Waals surface area contributed by atoms with Crippen molar-refractivity contribution < 1.29 is 18.9 Å². The van der Waals surface area contributed by atoms with Gasteiger partial charge in [0.05, 0.1) is 34.0 Å². The highest BCUT2D eigenvalue weighted by atomic mass is 127. The number of nitrogens with zero attached hydrogens (tertiary/aromatic N) is 3. The molecule has 2 aliphatic rings. The van der Waals surface area contributed by atoms with E-state index >= 15 is 0 Å². The summed E-state index contributed by atoms with van der Waals surface area (Å²) in [6, 6.07) is 4.06. The third-order valence-electron chi connectivity index (χ3n) is 5.61. The number of ether oxygens (including phenoxy) is 4. The third-order valence-corrected chi connectivity index (χ3v) is 5.61. The van der Waals surface area contributed by atoms with E-state index in [1.807, 2.05) is 12.1 Å². The second-order valence-electron chi connectivity index (χ2n) is 7.63. The first-order chi connectivity index (χ1) is 14.7. The maximum absolute atomic E-state index is 5.72. The Labute approximate surface area is 203 Å². The van der Waals surface area contributed by atoms with E-state index in [1.54, 1.807) is 21.3 Å². The van der Waals surface area contributed by atoms with Gasteiger partial charge in [0.2, 0.25) is 5.75 Å². The molecule has 176 valence electrons. The van der Waals surface area contributed by atoms with E-state index in [2.05, 4.69) is 22.0 Å². The summed E-state index contributed by atoms with van der Waals surface area (Å²) in [5.74, 6) is 3.02. The minimum absolute atomic E-state index is 0. The number of benzene rings is 1. The van der Waals surface area contributed by atoms with Gasteiger partial charge in [-0.1, -0.05) is 0 Å². The van der Waals surface area contributed by atoms with Crippen molar-refractivity contribution in [1.29, 1.82) is 0 Å². The van der Waals surface area contributed by atoms with Crippen LogP contribution in [0.3, 0.4) is 0 Å². The van der Waals surface area contributed by atoms with E-state index in [1.165, 1.54) is 0 Å². The molecule has 1 N–H and O–H groups in total. The summed E-state index contributed by atoms with van der Waals surface area (Å²) in [5, 5.41) is 3.44. The average Bonchev–Trinajstić information content (AvgIpc) is 3.30. The van der Waals surface area contributed by atoms with Crippen LogP contribution in [0.1, 0.15) is 25.3 Å². The van der Waals surface area contributed by atoms with Crippen molar-refractivity contribution in [2.24, 2.45) is 4.99 Å². The smallest absolute Gasteiger partial charge is 0.203 e. The van der Waals surface area contributed by atoms with Gasteiger partial charge in [0, 0.05) is 45.9 Å². The molecule has 0 aliphatic carbocycles. The number of rotatable bonds is 8. The van der Waals surface area contributed by atoms with E-state index in [4.69, 9.17) is 23.9 Å². The maximum Gasteiger partial charge on any atom is 0.203 e. The monoisotopic (exact) mass is 548 g/mol.